The van der Waals surface area contributed by atoms with Crippen LogP contribution in [0, 0.1) is 0 Å². The Kier molecular flexibility index (Phi) is 8.38. The van der Waals surface area contributed by atoms with E-state index in [4.69, 9.17) is 4.74 Å². The average molecular weight is 286 g/mol. The molecule has 3 nitrogen and oxygen atoms in total. The van der Waals surface area contributed by atoms with Crippen molar-refractivity contribution in [3.63, 3.8) is 0 Å². The summed E-state index contributed by atoms with van der Waals surface area (Å²) in [5.74, 6) is 0.464. The van der Waals surface area contributed by atoms with E-state index in [9.17, 15) is 4.79 Å². The van der Waals surface area contributed by atoms with Crippen molar-refractivity contribution in [2.75, 3.05) is 13.7 Å². The van der Waals surface area contributed by atoms with E-state index in [1.807, 2.05) is 36.4 Å². The van der Waals surface area contributed by atoms with Crippen LogP contribution in [0.5, 0.6) is 5.75 Å². The first kappa shape index (κ1) is 16.8. The number of benzene rings is 2. The van der Waals surface area contributed by atoms with Gasteiger partial charge in [0.1, 0.15) is 5.75 Å². The Morgan fingerprint density at radius 3 is 1.90 bits per heavy atom. The third-order valence-corrected chi connectivity index (χ3v) is 2.71. The predicted molar refractivity (Wildman–Crippen MR) is 84.6 cm³/mol. The van der Waals surface area contributed by atoms with E-state index in [2.05, 4.69) is 11.7 Å². The van der Waals surface area contributed by atoms with Gasteiger partial charge in [-0.25, -0.2) is 4.79 Å². The summed E-state index contributed by atoms with van der Waals surface area (Å²) >= 11 is 0. The second-order valence-corrected chi connectivity index (χ2v) is 4.37. The number of hydrogen-bond acceptors (Lipinski definition) is 3. The molecule has 0 atom stereocenters. The SMILES string of the molecule is CCCCOc1ccc(C(=O)OC)cc1.c1ccccc1. The lowest BCUT2D eigenvalue weighted by Crippen LogP contribution is -2.01. The highest BCUT2D eigenvalue weighted by Gasteiger charge is 2.04. The lowest BCUT2D eigenvalue weighted by molar-refractivity contribution is 0.0600. The molecule has 0 saturated heterocycles. The summed E-state index contributed by atoms with van der Waals surface area (Å²) in [6, 6.07) is 19.0. The Hall–Kier alpha value is -2.29. The van der Waals surface area contributed by atoms with Crippen molar-refractivity contribution < 1.29 is 14.3 Å². The van der Waals surface area contributed by atoms with Gasteiger partial charge in [-0.05, 0) is 30.7 Å². The van der Waals surface area contributed by atoms with Gasteiger partial charge in [-0.1, -0.05) is 49.7 Å². The first-order valence-electron chi connectivity index (χ1n) is 7.09. The van der Waals surface area contributed by atoms with Crippen LogP contribution in [0.4, 0.5) is 0 Å². The topological polar surface area (TPSA) is 35.5 Å². The van der Waals surface area contributed by atoms with E-state index in [1.54, 1.807) is 24.3 Å². The maximum Gasteiger partial charge on any atom is 0.337 e. The van der Waals surface area contributed by atoms with Crippen molar-refractivity contribution in [2.45, 2.75) is 19.8 Å². The molecule has 112 valence electrons. The minimum Gasteiger partial charge on any atom is -0.494 e. The number of methoxy groups -OCH3 is 1. The number of rotatable bonds is 5. The molecule has 0 fully saturated rings. The number of hydrogen-bond donors (Lipinski definition) is 0. The van der Waals surface area contributed by atoms with Gasteiger partial charge in [0.2, 0.25) is 0 Å². The lowest BCUT2D eigenvalue weighted by atomic mass is 10.2. The van der Waals surface area contributed by atoms with E-state index in [0.29, 0.717) is 12.2 Å². The van der Waals surface area contributed by atoms with Crippen molar-refractivity contribution in [3.8, 4) is 5.75 Å². The summed E-state index contributed by atoms with van der Waals surface area (Å²) in [4.78, 5) is 11.1. The van der Waals surface area contributed by atoms with Crippen molar-refractivity contribution in [2.24, 2.45) is 0 Å². The summed E-state index contributed by atoms with van der Waals surface area (Å²) in [7, 11) is 1.37. The zero-order chi connectivity index (χ0) is 15.3. The van der Waals surface area contributed by atoms with E-state index in [-0.39, 0.29) is 5.97 Å². The summed E-state index contributed by atoms with van der Waals surface area (Å²) in [6.07, 6.45) is 2.15. The van der Waals surface area contributed by atoms with Gasteiger partial charge in [-0.3, -0.25) is 0 Å². The van der Waals surface area contributed by atoms with E-state index < -0.39 is 0 Å². The Labute approximate surface area is 126 Å². The molecule has 2 aromatic rings. The second kappa shape index (κ2) is 10.5. The number of unbranched alkanes of at least 4 members (excludes halogenated alkanes) is 1. The third-order valence-electron chi connectivity index (χ3n) is 2.71. The zero-order valence-electron chi connectivity index (χ0n) is 12.6. The fraction of sp³-hybridized carbons (Fsp3) is 0.278. The van der Waals surface area contributed by atoms with Crippen LogP contribution in [-0.2, 0) is 4.74 Å². The summed E-state index contributed by atoms with van der Waals surface area (Å²) in [6.45, 7) is 2.83. The van der Waals surface area contributed by atoms with Gasteiger partial charge in [0.15, 0.2) is 0 Å². The largest absolute Gasteiger partial charge is 0.494 e. The first-order valence-corrected chi connectivity index (χ1v) is 7.09. The van der Waals surface area contributed by atoms with Gasteiger partial charge in [0.25, 0.3) is 0 Å². The smallest absolute Gasteiger partial charge is 0.337 e. The molecule has 2 rings (SSSR count). The van der Waals surface area contributed by atoms with Crippen LogP contribution >= 0.6 is 0 Å². The number of esters is 1. The predicted octanol–water partition coefficient (Wildman–Crippen LogP) is 4.34. The van der Waals surface area contributed by atoms with Crippen molar-refractivity contribution in [1.82, 2.24) is 0 Å². The van der Waals surface area contributed by atoms with Crippen LogP contribution in [0.25, 0.3) is 0 Å². The highest BCUT2D eigenvalue weighted by atomic mass is 16.5. The molecule has 0 aliphatic heterocycles. The molecule has 0 heterocycles. The van der Waals surface area contributed by atoms with Gasteiger partial charge < -0.3 is 9.47 Å². The molecular weight excluding hydrogens is 264 g/mol. The van der Waals surface area contributed by atoms with Gasteiger partial charge in [-0.15, -0.1) is 0 Å². The fourth-order valence-corrected chi connectivity index (χ4v) is 1.52. The molecule has 0 unspecified atom stereocenters. The molecule has 0 aliphatic rings. The van der Waals surface area contributed by atoms with Crippen LogP contribution in [-0.4, -0.2) is 19.7 Å². The van der Waals surface area contributed by atoms with Crippen molar-refractivity contribution in [3.05, 3.63) is 66.2 Å². The molecule has 2 aromatic carbocycles. The summed E-state index contributed by atoms with van der Waals surface area (Å²) in [5.41, 5.74) is 0.542. The Morgan fingerprint density at radius 2 is 1.48 bits per heavy atom. The van der Waals surface area contributed by atoms with Gasteiger partial charge in [0, 0.05) is 0 Å². The average Bonchev–Trinajstić information content (AvgIpc) is 2.57. The number of carbonyl (C=O) groups is 1. The zero-order valence-corrected chi connectivity index (χ0v) is 12.6. The molecular formula is C18H22O3. The maximum absolute atomic E-state index is 11.1. The molecule has 3 heteroatoms. The minimum atomic E-state index is -0.324. The van der Waals surface area contributed by atoms with Crippen LogP contribution in [0.1, 0.15) is 30.1 Å². The van der Waals surface area contributed by atoms with Crippen LogP contribution < -0.4 is 4.74 Å². The molecule has 0 aliphatic carbocycles. The summed E-state index contributed by atoms with van der Waals surface area (Å²) < 4.78 is 10.1. The molecule has 21 heavy (non-hydrogen) atoms. The first-order chi connectivity index (χ1) is 10.3. The molecule has 0 spiro atoms. The highest BCUT2D eigenvalue weighted by Crippen LogP contribution is 2.13. The van der Waals surface area contributed by atoms with Gasteiger partial charge in [0.05, 0.1) is 19.3 Å². The normalized spacial score (nSPS) is 9.24. The maximum atomic E-state index is 11.1. The Morgan fingerprint density at radius 1 is 0.952 bits per heavy atom. The van der Waals surface area contributed by atoms with Gasteiger partial charge >= 0.3 is 5.97 Å². The molecule has 0 radical (unpaired) electrons. The minimum absolute atomic E-state index is 0.324. The van der Waals surface area contributed by atoms with Crippen molar-refractivity contribution >= 4 is 5.97 Å². The highest BCUT2D eigenvalue weighted by molar-refractivity contribution is 5.89. The molecule has 0 bridgehead atoms. The van der Waals surface area contributed by atoms with E-state index in [0.717, 1.165) is 18.6 Å². The lowest BCUT2D eigenvalue weighted by Gasteiger charge is -2.05. The third kappa shape index (κ3) is 7.16. The van der Waals surface area contributed by atoms with Crippen LogP contribution in [0.2, 0.25) is 0 Å². The number of ether oxygens (including phenoxy) is 2. The Bertz CT molecular complexity index is 465. The monoisotopic (exact) mass is 286 g/mol. The summed E-state index contributed by atoms with van der Waals surface area (Å²) in [5, 5.41) is 0. The van der Waals surface area contributed by atoms with Gasteiger partial charge in [-0.2, -0.15) is 0 Å². The van der Waals surface area contributed by atoms with Crippen LogP contribution in [0.3, 0.4) is 0 Å². The molecule has 0 amide bonds. The molecule has 0 saturated carbocycles. The molecule has 0 aromatic heterocycles. The fourth-order valence-electron chi connectivity index (χ4n) is 1.52. The quantitative estimate of drug-likeness (QED) is 0.606. The van der Waals surface area contributed by atoms with Crippen LogP contribution in [0.15, 0.2) is 60.7 Å². The van der Waals surface area contributed by atoms with E-state index in [1.165, 1.54) is 7.11 Å². The molecule has 0 N–H and O–H groups in total. The standard InChI is InChI=1S/C12H16O3.C6H6/c1-3-4-9-15-11-7-5-10(6-8-11)12(13)14-2;1-2-4-6-5-3-1/h5-8H,3-4,9H2,1-2H3;1-6H. The van der Waals surface area contributed by atoms with E-state index >= 15 is 0 Å². The Balaban J connectivity index is 0.000000304. The number of carbonyl (C=O) groups excluding carboxylic acids is 1. The second-order valence-electron chi connectivity index (χ2n) is 4.37. The van der Waals surface area contributed by atoms with Crippen molar-refractivity contribution in [1.29, 1.82) is 0 Å².